The molecule has 0 amide bonds. The van der Waals surface area contributed by atoms with Crippen LogP contribution in [0.15, 0.2) is 158 Å². The predicted molar refractivity (Wildman–Crippen MR) is 203 cm³/mol. The van der Waals surface area contributed by atoms with E-state index in [0.717, 1.165) is 67.5 Å². The second-order valence-electron chi connectivity index (χ2n) is 12.8. The number of rotatable bonds is 11. The number of tetrazole rings is 1. The summed E-state index contributed by atoms with van der Waals surface area (Å²) in [6.45, 7) is 4.43. The molecular formula is C44H37N7O. The van der Waals surface area contributed by atoms with Crippen LogP contribution < -0.4 is 4.74 Å². The Morgan fingerprint density at radius 2 is 1.29 bits per heavy atom. The quantitative estimate of drug-likeness (QED) is 0.137. The molecule has 0 radical (unpaired) electrons. The van der Waals surface area contributed by atoms with Gasteiger partial charge in [0.15, 0.2) is 5.54 Å². The molecule has 3 heterocycles. The van der Waals surface area contributed by atoms with Gasteiger partial charge in [0.25, 0.3) is 0 Å². The van der Waals surface area contributed by atoms with Gasteiger partial charge in [-0.15, -0.1) is 15.0 Å². The van der Waals surface area contributed by atoms with Gasteiger partial charge < -0.3 is 9.72 Å². The molecule has 0 bridgehead atoms. The highest BCUT2D eigenvalue weighted by molar-refractivity contribution is 5.80. The first-order chi connectivity index (χ1) is 25.6. The van der Waals surface area contributed by atoms with Gasteiger partial charge in [-0.25, -0.2) is 4.98 Å². The Bertz CT molecular complexity index is 2290. The number of ether oxygens (including phenoxy) is 1. The Morgan fingerprint density at radius 1 is 0.692 bits per heavy atom. The van der Waals surface area contributed by atoms with E-state index in [1.165, 1.54) is 0 Å². The maximum Gasteiger partial charge on any atom is 0.205 e. The van der Waals surface area contributed by atoms with E-state index in [9.17, 15) is 0 Å². The molecule has 0 aliphatic carbocycles. The lowest BCUT2D eigenvalue weighted by Gasteiger charge is -2.34. The van der Waals surface area contributed by atoms with E-state index < -0.39 is 5.54 Å². The first kappa shape index (κ1) is 32.5. The fourth-order valence-electron chi connectivity index (χ4n) is 6.95. The molecule has 8 rings (SSSR count). The number of nitrogens with one attached hydrogen (secondary N) is 1. The smallest absolute Gasteiger partial charge is 0.205 e. The number of aromatic amines is 1. The van der Waals surface area contributed by atoms with Crippen LogP contribution in [-0.4, -0.2) is 35.2 Å². The third-order valence-electron chi connectivity index (χ3n) is 9.43. The molecule has 52 heavy (non-hydrogen) atoms. The van der Waals surface area contributed by atoms with Crippen LogP contribution in [0.3, 0.4) is 0 Å². The minimum atomic E-state index is -0.852. The number of aryl methyl sites for hydroxylation is 2. The predicted octanol–water partition coefficient (Wildman–Crippen LogP) is 8.75. The fourth-order valence-corrected chi connectivity index (χ4v) is 6.95. The summed E-state index contributed by atoms with van der Waals surface area (Å²) in [7, 11) is 0. The summed E-state index contributed by atoms with van der Waals surface area (Å²) in [6.07, 6.45) is 4.22. The standard InChI is InChI=1S/C44H37N7O/c1-31-28-41(40(32(2)47-31)29-42-45-26-27-46-42)52-30-33-22-24-34(25-23-33)38-20-12-13-21-39(38)43-48-50-51(49-43)44(35-14-6-3-7-15-35,36-16-8-4-9-17-36)37-18-10-5-11-19-37/h3-28H,29-30H2,1-2H3,(H,45,46). The van der Waals surface area contributed by atoms with Crippen molar-refractivity contribution in [3.63, 3.8) is 0 Å². The van der Waals surface area contributed by atoms with Crippen molar-refractivity contribution >= 4 is 0 Å². The van der Waals surface area contributed by atoms with Crippen LogP contribution in [0, 0.1) is 13.8 Å². The summed E-state index contributed by atoms with van der Waals surface area (Å²) in [5.41, 5.74) is 9.15. The zero-order valence-electron chi connectivity index (χ0n) is 29.0. The number of nitrogens with zero attached hydrogens (tertiary/aromatic N) is 6. The number of imidazole rings is 1. The van der Waals surface area contributed by atoms with Gasteiger partial charge in [0.05, 0.1) is 0 Å². The molecule has 0 spiro atoms. The average molecular weight is 680 g/mol. The van der Waals surface area contributed by atoms with Crippen molar-refractivity contribution in [3.05, 3.63) is 203 Å². The monoisotopic (exact) mass is 679 g/mol. The normalized spacial score (nSPS) is 11.4. The van der Waals surface area contributed by atoms with Gasteiger partial charge in [0.2, 0.25) is 5.82 Å². The Labute approximate surface area is 302 Å². The van der Waals surface area contributed by atoms with Gasteiger partial charge in [-0.05, 0) is 52.4 Å². The molecule has 5 aromatic carbocycles. The van der Waals surface area contributed by atoms with Crippen molar-refractivity contribution < 1.29 is 4.74 Å². The van der Waals surface area contributed by atoms with Gasteiger partial charge >= 0.3 is 0 Å². The Balaban J connectivity index is 1.12. The molecule has 8 aromatic rings. The summed E-state index contributed by atoms with van der Waals surface area (Å²) >= 11 is 0. The van der Waals surface area contributed by atoms with E-state index in [2.05, 4.69) is 124 Å². The van der Waals surface area contributed by atoms with Crippen LogP contribution in [0.25, 0.3) is 22.5 Å². The van der Waals surface area contributed by atoms with E-state index in [1.807, 2.05) is 56.4 Å². The summed E-state index contributed by atoms with van der Waals surface area (Å²) in [5.74, 6) is 2.24. The molecule has 0 saturated heterocycles. The average Bonchev–Trinajstić information content (AvgIpc) is 3.91. The highest BCUT2D eigenvalue weighted by Gasteiger charge is 2.41. The zero-order valence-corrected chi connectivity index (χ0v) is 29.0. The molecule has 0 atom stereocenters. The Kier molecular flexibility index (Phi) is 8.94. The number of hydrogen-bond donors (Lipinski definition) is 1. The summed E-state index contributed by atoms with van der Waals surface area (Å²) in [4.78, 5) is 14.0. The molecule has 0 saturated carbocycles. The van der Waals surface area contributed by atoms with Crippen LogP contribution >= 0.6 is 0 Å². The van der Waals surface area contributed by atoms with E-state index in [0.29, 0.717) is 18.9 Å². The van der Waals surface area contributed by atoms with Crippen molar-refractivity contribution in [2.45, 2.75) is 32.4 Å². The largest absolute Gasteiger partial charge is 0.488 e. The molecule has 254 valence electrons. The highest BCUT2D eigenvalue weighted by Crippen LogP contribution is 2.40. The molecular weight excluding hydrogens is 643 g/mol. The first-order valence-corrected chi connectivity index (χ1v) is 17.3. The summed E-state index contributed by atoms with van der Waals surface area (Å²) < 4.78 is 6.40. The topological polar surface area (TPSA) is 94.4 Å². The van der Waals surface area contributed by atoms with Crippen molar-refractivity contribution in [1.82, 2.24) is 35.2 Å². The lowest BCUT2D eigenvalue weighted by molar-refractivity contribution is 0.302. The molecule has 1 N–H and O–H groups in total. The van der Waals surface area contributed by atoms with Crippen molar-refractivity contribution in [2.75, 3.05) is 0 Å². The molecule has 0 unspecified atom stereocenters. The van der Waals surface area contributed by atoms with Gasteiger partial charge in [0, 0.05) is 47.4 Å². The minimum absolute atomic E-state index is 0.423. The molecule has 0 fully saturated rings. The van der Waals surface area contributed by atoms with Crippen LogP contribution in [-0.2, 0) is 18.6 Å². The number of hydrogen-bond acceptors (Lipinski definition) is 6. The number of aromatic nitrogens is 7. The first-order valence-electron chi connectivity index (χ1n) is 17.3. The van der Waals surface area contributed by atoms with Crippen LogP contribution in [0.5, 0.6) is 5.75 Å². The molecule has 0 aliphatic heterocycles. The van der Waals surface area contributed by atoms with Gasteiger partial charge in [-0.1, -0.05) is 140 Å². The van der Waals surface area contributed by atoms with E-state index in [1.54, 1.807) is 11.0 Å². The van der Waals surface area contributed by atoms with Crippen molar-refractivity contribution in [1.29, 1.82) is 0 Å². The highest BCUT2D eigenvalue weighted by atomic mass is 16.5. The van der Waals surface area contributed by atoms with Crippen LogP contribution in [0.1, 0.15) is 45.0 Å². The van der Waals surface area contributed by atoms with Gasteiger partial charge in [0.1, 0.15) is 18.2 Å². The second-order valence-corrected chi connectivity index (χ2v) is 12.8. The lowest BCUT2D eigenvalue weighted by atomic mass is 9.77. The SMILES string of the molecule is Cc1cc(OCc2ccc(-c3ccccc3-c3nnn(C(c4ccccc4)(c4ccccc4)c4ccccc4)n3)cc2)c(Cc2ncc[nH]2)c(C)n1. The van der Waals surface area contributed by atoms with Gasteiger partial charge in [-0.3, -0.25) is 4.98 Å². The number of H-pyrrole nitrogens is 1. The number of pyridine rings is 1. The van der Waals surface area contributed by atoms with Crippen LogP contribution in [0.2, 0.25) is 0 Å². The van der Waals surface area contributed by atoms with E-state index in [-0.39, 0.29) is 0 Å². The fraction of sp³-hybridized carbons (Fsp3) is 0.114. The molecule has 8 heteroatoms. The summed E-state index contributed by atoms with van der Waals surface area (Å²) in [5, 5.41) is 14.6. The number of benzene rings is 5. The molecule has 0 aliphatic rings. The molecule has 3 aromatic heterocycles. The van der Waals surface area contributed by atoms with E-state index in [4.69, 9.17) is 20.1 Å². The van der Waals surface area contributed by atoms with Crippen molar-refractivity contribution in [2.24, 2.45) is 0 Å². The third kappa shape index (κ3) is 6.26. The third-order valence-corrected chi connectivity index (χ3v) is 9.43. The molecule has 8 nitrogen and oxygen atoms in total. The Morgan fingerprint density at radius 3 is 1.88 bits per heavy atom. The lowest BCUT2D eigenvalue weighted by Crippen LogP contribution is -2.39. The second kappa shape index (κ2) is 14.3. The summed E-state index contributed by atoms with van der Waals surface area (Å²) in [6, 6.07) is 49.8. The Hall–Kier alpha value is -6.67. The minimum Gasteiger partial charge on any atom is -0.488 e. The van der Waals surface area contributed by atoms with Crippen LogP contribution in [0.4, 0.5) is 0 Å². The van der Waals surface area contributed by atoms with Crippen molar-refractivity contribution in [3.8, 4) is 28.3 Å². The van der Waals surface area contributed by atoms with Gasteiger partial charge in [-0.2, -0.15) is 0 Å². The zero-order chi connectivity index (χ0) is 35.3. The maximum atomic E-state index is 6.40. The van der Waals surface area contributed by atoms with E-state index >= 15 is 0 Å². The maximum absolute atomic E-state index is 6.40.